The van der Waals surface area contributed by atoms with E-state index in [1.54, 1.807) is 0 Å². The lowest BCUT2D eigenvalue weighted by Crippen LogP contribution is -2.60. The van der Waals surface area contributed by atoms with Gasteiger partial charge in [0.1, 0.15) is 24.4 Å². The summed E-state index contributed by atoms with van der Waals surface area (Å²) in [5, 5.41) is 6.31. The van der Waals surface area contributed by atoms with Crippen molar-refractivity contribution in [2.24, 2.45) is 0 Å². The van der Waals surface area contributed by atoms with Gasteiger partial charge in [-0.2, -0.15) is 0 Å². The highest BCUT2D eigenvalue weighted by Gasteiger charge is 2.45. The van der Waals surface area contributed by atoms with Crippen LogP contribution in [0, 0.1) is 0 Å². The van der Waals surface area contributed by atoms with Crippen molar-refractivity contribution >= 4 is 29.4 Å². The molecule has 0 radical (unpaired) electrons. The van der Waals surface area contributed by atoms with Gasteiger partial charge in [-0.15, -0.1) is 0 Å². The lowest BCUT2D eigenvalue weighted by Gasteiger charge is -2.29. The Morgan fingerprint density at radius 1 is 0.810 bits per heavy atom. The number of hydrogen-bond acceptors (Lipinski definition) is 5. The first kappa shape index (κ1) is 28.9. The Morgan fingerprint density at radius 2 is 1.50 bits per heavy atom. The highest BCUT2D eigenvalue weighted by molar-refractivity contribution is 6.30. The minimum atomic E-state index is -1.25. The van der Waals surface area contributed by atoms with Gasteiger partial charge in [-0.25, -0.2) is 0 Å². The molecule has 0 fully saturated rings. The van der Waals surface area contributed by atoms with E-state index in [2.05, 4.69) is 15.4 Å². The van der Waals surface area contributed by atoms with Crippen molar-refractivity contribution < 1.29 is 23.9 Å². The predicted molar refractivity (Wildman–Crippen MR) is 161 cm³/mol. The minimum Gasteiger partial charge on any atom is -0.489 e. The number of carbonyl (C=O) groups is 3. The zero-order chi connectivity index (χ0) is 29.5. The molecule has 0 saturated heterocycles. The molecule has 214 valence electrons. The van der Waals surface area contributed by atoms with Gasteiger partial charge < -0.3 is 20.1 Å². The van der Waals surface area contributed by atoms with Crippen molar-refractivity contribution in [3.05, 3.63) is 124 Å². The fourth-order valence-electron chi connectivity index (χ4n) is 5.14. The van der Waals surface area contributed by atoms with Crippen LogP contribution < -0.4 is 15.4 Å². The molecule has 1 aliphatic carbocycles. The van der Waals surface area contributed by atoms with Crippen LogP contribution in [0.5, 0.6) is 5.75 Å². The number of amides is 2. The van der Waals surface area contributed by atoms with Gasteiger partial charge in [-0.1, -0.05) is 84.4 Å². The molecular weight excluding hydrogens is 552 g/mol. The zero-order valence-corrected chi connectivity index (χ0v) is 23.9. The van der Waals surface area contributed by atoms with E-state index in [-0.39, 0.29) is 25.3 Å². The SMILES string of the molecule is COC(=O)CNC(=O)C1(NC(=O)Cc2ccc(OCc3ccccc3)cc2)Cc2ccc(-c3ccc(Cl)cc3)cc2C1. The second kappa shape index (κ2) is 12.9. The normalized spacial score (nSPS) is 15.4. The molecule has 0 aromatic heterocycles. The highest BCUT2D eigenvalue weighted by atomic mass is 35.5. The van der Waals surface area contributed by atoms with E-state index in [0.717, 1.165) is 33.4 Å². The Balaban J connectivity index is 1.29. The average molecular weight is 583 g/mol. The van der Waals surface area contributed by atoms with Crippen LogP contribution in [0.25, 0.3) is 11.1 Å². The number of hydrogen-bond donors (Lipinski definition) is 2. The highest BCUT2D eigenvalue weighted by Crippen LogP contribution is 2.34. The first-order valence-electron chi connectivity index (χ1n) is 13.6. The van der Waals surface area contributed by atoms with Crippen LogP contribution in [-0.4, -0.2) is 37.0 Å². The van der Waals surface area contributed by atoms with Crippen molar-refractivity contribution in [1.82, 2.24) is 10.6 Å². The topological polar surface area (TPSA) is 93.7 Å². The molecule has 1 unspecified atom stereocenters. The standard InChI is InChI=1S/C34H31ClN2O5/c1-41-32(39)21-36-33(40)34(19-27-10-9-26(18-28(27)20-34)25-11-13-29(35)14-12-25)37-31(38)17-23-7-15-30(16-8-23)42-22-24-5-3-2-4-6-24/h2-16,18H,17,19-22H2,1H3,(H,36,40)(H,37,38). The first-order valence-corrected chi connectivity index (χ1v) is 14.0. The number of halogens is 1. The Labute approximate surface area is 249 Å². The number of esters is 1. The summed E-state index contributed by atoms with van der Waals surface area (Å²) in [6, 6.07) is 30.8. The van der Waals surface area contributed by atoms with Crippen LogP contribution in [0.15, 0.2) is 97.1 Å². The molecule has 0 bridgehead atoms. The number of ether oxygens (including phenoxy) is 2. The Hall–Kier alpha value is -4.62. The summed E-state index contributed by atoms with van der Waals surface area (Å²) in [6.45, 7) is 0.161. The summed E-state index contributed by atoms with van der Waals surface area (Å²) < 4.78 is 10.5. The van der Waals surface area contributed by atoms with Crippen LogP contribution in [0.3, 0.4) is 0 Å². The Morgan fingerprint density at radius 3 is 2.21 bits per heavy atom. The molecule has 1 aliphatic rings. The summed E-state index contributed by atoms with van der Waals surface area (Å²) in [5.41, 5.74) is 4.49. The maximum Gasteiger partial charge on any atom is 0.325 e. The van der Waals surface area contributed by atoms with Crippen molar-refractivity contribution in [1.29, 1.82) is 0 Å². The van der Waals surface area contributed by atoms with Gasteiger partial charge in [0, 0.05) is 17.9 Å². The van der Waals surface area contributed by atoms with E-state index in [9.17, 15) is 14.4 Å². The van der Waals surface area contributed by atoms with Crippen LogP contribution in [0.4, 0.5) is 0 Å². The molecule has 8 heteroatoms. The van der Waals surface area contributed by atoms with Crippen molar-refractivity contribution in [3.63, 3.8) is 0 Å². The molecule has 5 rings (SSSR count). The molecule has 0 saturated carbocycles. The summed E-state index contributed by atoms with van der Waals surface area (Å²) in [7, 11) is 1.26. The van der Waals surface area contributed by atoms with E-state index >= 15 is 0 Å². The molecule has 0 heterocycles. The number of carbonyl (C=O) groups excluding carboxylic acids is 3. The molecular formula is C34H31ClN2O5. The molecule has 0 spiro atoms. The Bertz CT molecular complexity index is 1570. The molecule has 1 atom stereocenters. The summed E-state index contributed by atoms with van der Waals surface area (Å²) >= 11 is 6.06. The lowest BCUT2D eigenvalue weighted by atomic mass is 9.93. The van der Waals surface area contributed by atoms with Gasteiger partial charge >= 0.3 is 5.97 Å². The molecule has 42 heavy (non-hydrogen) atoms. The van der Waals surface area contributed by atoms with Gasteiger partial charge in [0.25, 0.3) is 0 Å². The van der Waals surface area contributed by atoms with Crippen LogP contribution >= 0.6 is 11.6 Å². The second-order valence-electron chi connectivity index (χ2n) is 10.3. The Kier molecular flexibility index (Phi) is 8.88. The molecule has 0 aliphatic heterocycles. The second-order valence-corrected chi connectivity index (χ2v) is 10.8. The van der Waals surface area contributed by atoms with E-state index < -0.39 is 17.4 Å². The number of methoxy groups -OCH3 is 1. The number of benzene rings is 4. The smallest absolute Gasteiger partial charge is 0.325 e. The van der Waals surface area contributed by atoms with Crippen LogP contribution in [0.2, 0.25) is 5.02 Å². The number of fused-ring (bicyclic) bond motifs is 1. The van der Waals surface area contributed by atoms with Crippen molar-refractivity contribution in [3.8, 4) is 16.9 Å². The third-order valence-corrected chi connectivity index (χ3v) is 7.59. The van der Waals surface area contributed by atoms with E-state index in [1.165, 1.54) is 7.11 Å². The van der Waals surface area contributed by atoms with Gasteiger partial charge in [-0.05, 0) is 57.6 Å². The minimum absolute atomic E-state index is 0.0807. The third kappa shape index (κ3) is 6.98. The average Bonchev–Trinajstić information content (AvgIpc) is 3.38. The van der Waals surface area contributed by atoms with Gasteiger partial charge in [0.2, 0.25) is 11.8 Å². The van der Waals surface area contributed by atoms with Crippen molar-refractivity contribution in [2.75, 3.05) is 13.7 Å². The quantitative estimate of drug-likeness (QED) is 0.255. The molecule has 2 amide bonds. The fourth-order valence-corrected chi connectivity index (χ4v) is 5.26. The fraction of sp³-hybridized carbons (Fsp3) is 0.206. The molecule has 4 aromatic rings. The van der Waals surface area contributed by atoms with E-state index in [0.29, 0.717) is 23.8 Å². The van der Waals surface area contributed by atoms with Crippen LogP contribution in [-0.2, 0) is 45.0 Å². The van der Waals surface area contributed by atoms with E-state index in [4.69, 9.17) is 16.3 Å². The maximum atomic E-state index is 13.5. The summed E-state index contributed by atoms with van der Waals surface area (Å²) in [6.07, 6.45) is 0.667. The number of nitrogens with one attached hydrogen (secondary N) is 2. The van der Waals surface area contributed by atoms with Gasteiger partial charge in [0.05, 0.1) is 13.5 Å². The van der Waals surface area contributed by atoms with Crippen molar-refractivity contribution in [2.45, 2.75) is 31.4 Å². The number of rotatable bonds is 10. The summed E-state index contributed by atoms with van der Waals surface area (Å²) in [4.78, 5) is 38.6. The van der Waals surface area contributed by atoms with Crippen LogP contribution in [0.1, 0.15) is 22.3 Å². The van der Waals surface area contributed by atoms with Gasteiger partial charge in [-0.3, -0.25) is 14.4 Å². The molecule has 4 aromatic carbocycles. The largest absolute Gasteiger partial charge is 0.489 e. The first-order chi connectivity index (χ1) is 20.3. The summed E-state index contributed by atoms with van der Waals surface area (Å²) in [5.74, 6) is -0.605. The van der Waals surface area contributed by atoms with E-state index in [1.807, 2.05) is 97.1 Å². The zero-order valence-electron chi connectivity index (χ0n) is 23.2. The molecule has 7 nitrogen and oxygen atoms in total. The third-order valence-electron chi connectivity index (χ3n) is 7.34. The molecule has 2 N–H and O–H groups in total. The predicted octanol–water partition coefficient (Wildman–Crippen LogP) is 5.07. The lowest BCUT2D eigenvalue weighted by molar-refractivity contribution is -0.142. The maximum absolute atomic E-state index is 13.5. The monoisotopic (exact) mass is 582 g/mol. The van der Waals surface area contributed by atoms with Gasteiger partial charge in [0.15, 0.2) is 0 Å².